The van der Waals surface area contributed by atoms with Crippen LogP contribution in [0.5, 0.6) is 0 Å². The smallest absolute Gasteiger partial charge is 0.338 e. The number of nitrogens with zero attached hydrogens (tertiary/aromatic N) is 1. The van der Waals surface area contributed by atoms with Gasteiger partial charge in [-0.1, -0.05) is 17.7 Å². The fraction of sp³-hybridized carbons (Fsp3) is 0.125. The van der Waals surface area contributed by atoms with Crippen molar-refractivity contribution < 1.29 is 19.2 Å². The van der Waals surface area contributed by atoms with E-state index in [1.165, 1.54) is 19.2 Å². The van der Waals surface area contributed by atoms with Gasteiger partial charge in [0.15, 0.2) is 0 Å². The zero-order valence-corrected chi connectivity index (χ0v) is 13.6. The van der Waals surface area contributed by atoms with Crippen molar-refractivity contribution in [1.82, 2.24) is 0 Å². The second-order valence-electron chi connectivity index (χ2n) is 4.84. The number of rotatable bonds is 4. The highest BCUT2D eigenvalue weighted by Gasteiger charge is 2.22. The molecule has 0 spiro atoms. The van der Waals surface area contributed by atoms with Gasteiger partial charge < -0.3 is 10.1 Å². The minimum absolute atomic E-state index is 0.132. The maximum absolute atomic E-state index is 12.4. The van der Waals surface area contributed by atoms with Crippen molar-refractivity contribution in [2.75, 3.05) is 12.4 Å². The summed E-state index contributed by atoms with van der Waals surface area (Å²) in [5.74, 6) is -1.22. The molecule has 0 radical (unpaired) electrons. The average molecular weight is 349 g/mol. The quantitative estimate of drug-likeness (QED) is 0.517. The van der Waals surface area contributed by atoms with Gasteiger partial charge in [-0.15, -0.1) is 0 Å². The van der Waals surface area contributed by atoms with Gasteiger partial charge >= 0.3 is 5.97 Å². The van der Waals surface area contributed by atoms with Crippen LogP contribution in [0.3, 0.4) is 0 Å². The first-order valence-electron chi connectivity index (χ1n) is 6.78. The molecule has 0 fully saturated rings. The molecule has 24 heavy (non-hydrogen) atoms. The Hall–Kier alpha value is -2.93. The molecule has 0 saturated heterocycles. The van der Waals surface area contributed by atoms with Gasteiger partial charge in [-0.25, -0.2) is 4.79 Å². The number of halogens is 1. The van der Waals surface area contributed by atoms with Gasteiger partial charge in [0, 0.05) is 16.8 Å². The molecular weight excluding hydrogens is 336 g/mol. The standard InChI is InChI=1S/C16H13ClN2O5/c1-9-11(16(21)24-2)4-3-5-13(9)18-15(20)12-7-6-10(17)8-14(12)19(22)23/h3-8H,1-2H3,(H,18,20). The first kappa shape index (κ1) is 17.4. The number of carbonyl (C=O) groups excluding carboxylic acids is 2. The Labute approximate surface area is 142 Å². The number of nitro benzene ring substituents is 1. The summed E-state index contributed by atoms with van der Waals surface area (Å²) in [4.78, 5) is 34.5. The first-order valence-corrected chi connectivity index (χ1v) is 7.16. The van der Waals surface area contributed by atoms with Crippen molar-refractivity contribution in [1.29, 1.82) is 0 Å². The predicted molar refractivity (Wildman–Crippen MR) is 88.6 cm³/mol. The van der Waals surface area contributed by atoms with E-state index in [9.17, 15) is 19.7 Å². The predicted octanol–water partition coefficient (Wildman–Crippen LogP) is 3.60. The lowest BCUT2D eigenvalue weighted by Crippen LogP contribution is -2.16. The third kappa shape index (κ3) is 3.52. The molecule has 0 atom stereocenters. The fourth-order valence-corrected chi connectivity index (χ4v) is 2.31. The maximum Gasteiger partial charge on any atom is 0.338 e. The molecule has 1 N–H and O–H groups in total. The largest absolute Gasteiger partial charge is 0.465 e. The number of nitrogens with one attached hydrogen (secondary N) is 1. The SMILES string of the molecule is COC(=O)c1cccc(NC(=O)c2ccc(Cl)cc2[N+](=O)[O-])c1C. The van der Waals surface area contributed by atoms with Gasteiger partial charge in [0.1, 0.15) is 5.56 Å². The lowest BCUT2D eigenvalue weighted by molar-refractivity contribution is -0.385. The minimum Gasteiger partial charge on any atom is -0.465 e. The highest BCUT2D eigenvalue weighted by atomic mass is 35.5. The molecule has 0 aromatic heterocycles. The number of hydrogen-bond donors (Lipinski definition) is 1. The zero-order valence-electron chi connectivity index (χ0n) is 12.8. The summed E-state index contributed by atoms with van der Waals surface area (Å²) in [5, 5.41) is 13.8. The van der Waals surface area contributed by atoms with Gasteiger partial charge in [-0.3, -0.25) is 14.9 Å². The Morgan fingerprint density at radius 3 is 2.54 bits per heavy atom. The number of methoxy groups -OCH3 is 1. The number of carbonyl (C=O) groups is 2. The molecule has 0 bridgehead atoms. The lowest BCUT2D eigenvalue weighted by atomic mass is 10.1. The number of hydrogen-bond acceptors (Lipinski definition) is 5. The van der Waals surface area contributed by atoms with Crippen LogP contribution < -0.4 is 5.32 Å². The van der Waals surface area contributed by atoms with E-state index in [2.05, 4.69) is 10.1 Å². The molecule has 7 nitrogen and oxygen atoms in total. The number of benzene rings is 2. The maximum atomic E-state index is 12.4. The minimum atomic E-state index is -0.682. The van der Waals surface area contributed by atoms with Crippen LogP contribution in [0.25, 0.3) is 0 Å². The van der Waals surface area contributed by atoms with Crippen LogP contribution in [0.2, 0.25) is 5.02 Å². The number of amides is 1. The monoisotopic (exact) mass is 348 g/mol. The van der Waals surface area contributed by atoms with E-state index < -0.39 is 22.5 Å². The fourth-order valence-electron chi connectivity index (χ4n) is 2.14. The van der Waals surface area contributed by atoms with E-state index in [0.717, 1.165) is 6.07 Å². The van der Waals surface area contributed by atoms with Gasteiger partial charge in [0.25, 0.3) is 11.6 Å². The molecule has 0 aliphatic rings. The van der Waals surface area contributed by atoms with Crippen molar-refractivity contribution in [3.63, 3.8) is 0 Å². The molecule has 2 aromatic rings. The molecule has 1 amide bonds. The lowest BCUT2D eigenvalue weighted by Gasteiger charge is -2.11. The molecule has 2 rings (SSSR count). The molecule has 0 aliphatic heterocycles. The first-order chi connectivity index (χ1) is 11.3. The van der Waals surface area contributed by atoms with Crippen LogP contribution in [0.4, 0.5) is 11.4 Å². The Morgan fingerprint density at radius 1 is 1.21 bits per heavy atom. The summed E-state index contributed by atoms with van der Waals surface area (Å²) in [6, 6.07) is 8.48. The molecule has 8 heteroatoms. The number of esters is 1. The second-order valence-corrected chi connectivity index (χ2v) is 5.28. The van der Waals surface area contributed by atoms with Crippen LogP contribution in [0.1, 0.15) is 26.3 Å². The van der Waals surface area contributed by atoms with E-state index in [-0.39, 0.29) is 10.6 Å². The van der Waals surface area contributed by atoms with E-state index in [1.807, 2.05) is 0 Å². The third-order valence-corrected chi connectivity index (χ3v) is 3.62. The molecule has 124 valence electrons. The van der Waals surface area contributed by atoms with E-state index in [0.29, 0.717) is 16.8 Å². The summed E-state index contributed by atoms with van der Waals surface area (Å²) in [5.41, 5.74) is 0.608. The highest BCUT2D eigenvalue weighted by Crippen LogP contribution is 2.25. The van der Waals surface area contributed by atoms with Crippen molar-refractivity contribution in [2.45, 2.75) is 6.92 Å². The van der Waals surface area contributed by atoms with Gasteiger partial charge in [0.05, 0.1) is 17.6 Å². The topological polar surface area (TPSA) is 98.5 Å². The van der Waals surface area contributed by atoms with Crippen LogP contribution in [0.15, 0.2) is 36.4 Å². The Balaban J connectivity index is 2.38. The molecule has 0 aliphatic carbocycles. The summed E-state index contributed by atoms with van der Waals surface area (Å²) >= 11 is 5.74. The van der Waals surface area contributed by atoms with E-state index in [1.54, 1.807) is 25.1 Å². The highest BCUT2D eigenvalue weighted by molar-refractivity contribution is 6.31. The van der Waals surface area contributed by atoms with E-state index in [4.69, 9.17) is 11.6 Å². The third-order valence-electron chi connectivity index (χ3n) is 3.39. The Bertz CT molecular complexity index is 835. The number of ether oxygens (including phenoxy) is 1. The summed E-state index contributed by atoms with van der Waals surface area (Å²) < 4.78 is 4.67. The van der Waals surface area contributed by atoms with Gasteiger partial charge in [0.2, 0.25) is 0 Å². The molecular formula is C16H13ClN2O5. The van der Waals surface area contributed by atoms with Crippen molar-refractivity contribution in [2.24, 2.45) is 0 Å². The Kier molecular flexibility index (Phi) is 5.15. The molecule has 0 heterocycles. The van der Waals surface area contributed by atoms with Crippen molar-refractivity contribution in [3.05, 3.63) is 68.2 Å². The Morgan fingerprint density at radius 2 is 1.92 bits per heavy atom. The molecule has 2 aromatic carbocycles. The van der Waals surface area contributed by atoms with E-state index >= 15 is 0 Å². The normalized spacial score (nSPS) is 10.1. The van der Waals surface area contributed by atoms with Crippen molar-refractivity contribution >= 4 is 34.9 Å². The van der Waals surface area contributed by atoms with Gasteiger partial charge in [-0.2, -0.15) is 0 Å². The van der Waals surface area contributed by atoms with Crippen LogP contribution in [-0.4, -0.2) is 23.9 Å². The van der Waals surface area contributed by atoms with Gasteiger partial charge in [-0.05, 0) is 36.8 Å². The number of nitro groups is 1. The van der Waals surface area contributed by atoms with Crippen molar-refractivity contribution in [3.8, 4) is 0 Å². The van der Waals surface area contributed by atoms with Crippen LogP contribution >= 0.6 is 11.6 Å². The second kappa shape index (κ2) is 7.10. The summed E-state index contributed by atoms with van der Waals surface area (Å²) in [6.07, 6.45) is 0. The average Bonchev–Trinajstić information content (AvgIpc) is 2.55. The van der Waals surface area contributed by atoms with Crippen LogP contribution in [-0.2, 0) is 4.74 Å². The summed E-state index contributed by atoms with van der Waals surface area (Å²) in [6.45, 7) is 1.64. The molecule has 0 unspecified atom stereocenters. The summed E-state index contributed by atoms with van der Waals surface area (Å²) in [7, 11) is 1.25. The number of anilines is 1. The zero-order chi connectivity index (χ0) is 17.9. The van der Waals surface area contributed by atoms with Crippen LogP contribution in [0, 0.1) is 17.0 Å². The molecule has 0 saturated carbocycles.